The van der Waals surface area contributed by atoms with Crippen molar-refractivity contribution in [3.05, 3.63) is 74.8 Å². The summed E-state index contributed by atoms with van der Waals surface area (Å²) in [5.41, 5.74) is 3.04. The van der Waals surface area contributed by atoms with Crippen LogP contribution >= 0.6 is 11.3 Å². The molecular formula is C23H19N3O6S. The fourth-order valence-corrected chi connectivity index (χ4v) is 4.38. The lowest BCUT2D eigenvalue weighted by atomic mass is 10.0. The van der Waals surface area contributed by atoms with Gasteiger partial charge in [-0.2, -0.15) is 0 Å². The fraction of sp³-hybridized carbons (Fsp3) is 0.174. The molecule has 0 aliphatic rings. The average molecular weight is 465 g/mol. The number of fused-ring (bicyclic) bond motifs is 1. The van der Waals surface area contributed by atoms with Gasteiger partial charge in [0.1, 0.15) is 16.3 Å². The van der Waals surface area contributed by atoms with Crippen LogP contribution in [0.3, 0.4) is 0 Å². The number of aromatic nitrogens is 1. The van der Waals surface area contributed by atoms with Crippen LogP contribution in [-0.4, -0.2) is 28.6 Å². The molecule has 0 saturated heterocycles. The van der Waals surface area contributed by atoms with Gasteiger partial charge in [-0.1, -0.05) is 28.9 Å². The molecule has 1 amide bonds. The molecular weight excluding hydrogens is 446 g/mol. The maximum Gasteiger partial charge on any atom is 0.341 e. The maximum absolute atomic E-state index is 12.8. The lowest BCUT2D eigenvalue weighted by Crippen LogP contribution is -2.17. The number of nitro groups is 1. The number of hydrogen-bond donors (Lipinski definition) is 1. The van der Waals surface area contributed by atoms with Crippen molar-refractivity contribution in [2.24, 2.45) is 0 Å². The molecule has 4 aromatic rings. The molecule has 0 atom stereocenters. The number of rotatable bonds is 7. The van der Waals surface area contributed by atoms with Crippen molar-refractivity contribution in [1.29, 1.82) is 0 Å². The number of esters is 1. The Bertz CT molecular complexity index is 1370. The first-order valence-corrected chi connectivity index (χ1v) is 10.9. The van der Waals surface area contributed by atoms with Gasteiger partial charge in [0, 0.05) is 28.5 Å². The molecule has 0 bridgehead atoms. The highest BCUT2D eigenvalue weighted by Crippen LogP contribution is 2.37. The molecule has 2 heterocycles. The van der Waals surface area contributed by atoms with Gasteiger partial charge < -0.3 is 14.6 Å². The molecule has 0 fully saturated rings. The quantitative estimate of drug-likeness (QED) is 0.228. The van der Waals surface area contributed by atoms with Gasteiger partial charge in [0.25, 0.3) is 5.69 Å². The van der Waals surface area contributed by atoms with Crippen LogP contribution in [0.15, 0.2) is 52.4 Å². The van der Waals surface area contributed by atoms with Crippen molar-refractivity contribution in [1.82, 2.24) is 5.16 Å². The third kappa shape index (κ3) is 4.60. The van der Waals surface area contributed by atoms with E-state index in [2.05, 4.69) is 10.5 Å². The van der Waals surface area contributed by atoms with Crippen molar-refractivity contribution >= 4 is 44.9 Å². The van der Waals surface area contributed by atoms with Gasteiger partial charge in [-0.15, -0.1) is 11.3 Å². The number of aryl methyl sites for hydroxylation is 1. The predicted octanol–water partition coefficient (Wildman–Crippen LogP) is 5.13. The van der Waals surface area contributed by atoms with Crippen molar-refractivity contribution in [3.8, 4) is 11.1 Å². The van der Waals surface area contributed by atoms with E-state index in [1.165, 1.54) is 18.2 Å². The van der Waals surface area contributed by atoms with E-state index in [4.69, 9.17) is 9.26 Å². The number of nitrogens with zero attached hydrogens (tertiary/aromatic N) is 2. The van der Waals surface area contributed by atoms with Crippen LogP contribution in [-0.2, 0) is 16.0 Å². The molecule has 1 N–H and O–H groups in total. The SMILES string of the molecule is CCOC(=O)c1c(-c2cccc([N+](=O)[O-])c2)csc1NC(=O)Cc1noc2ccc(C)cc12. The zero-order valence-corrected chi connectivity index (χ0v) is 18.6. The van der Waals surface area contributed by atoms with E-state index >= 15 is 0 Å². The Morgan fingerprint density at radius 3 is 2.82 bits per heavy atom. The summed E-state index contributed by atoms with van der Waals surface area (Å²) in [6, 6.07) is 11.5. The molecule has 4 rings (SSSR count). The van der Waals surface area contributed by atoms with E-state index in [-0.39, 0.29) is 30.2 Å². The molecule has 0 saturated carbocycles. The largest absolute Gasteiger partial charge is 0.462 e. The fourth-order valence-electron chi connectivity index (χ4n) is 3.41. The highest BCUT2D eigenvalue weighted by atomic mass is 32.1. The lowest BCUT2D eigenvalue weighted by molar-refractivity contribution is -0.384. The van der Waals surface area contributed by atoms with Crippen molar-refractivity contribution < 1.29 is 23.8 Å². The van der Waals surface area contributed by atoms with E-state index in [1.54, 1.807) is 24.4 Å². The van der Waals surface area contributed by atoms with E-state index < -0.39 is 10.9 Å². The summed E-state index contributed by atoms with van der Waals surface area (Å²) in [6.07, 6.45) is -0.0528. The van der Waals surface area contributed by atoms with Crippen molar-refractivity contribution in [3.63, 3.8) is 0 Å². The van der Waals surface area contributed by atoms with Crippen LogP contribution in [0, 0.1) is 17.0 Å². The number of nitro benzene ring substituents is 1. The predicted molar refractivity (Wildman–Crippen MR) is 123 cm³/mol. The topological polar surface area (TPSA) is 125 Å². The molecule has 0 spiro atoms. The number of carbonyl (C=O) groups excluding carboxylic acids is 2. The van der Waals surface area contributed by atoms with Crippen LogP contribution in [0.25, 0.3) is 22.1 Å². The Balaban J connectivity index is 1.65. The van der Waals surface area contributed by atoms with E-state index in [0.717, 1.165) is 22.3 Å². The lowest BCUT2D eigenvalue weighted by Gasteiger charge is -2.08. The van der Waals surface area contributed by atoms with Gasteiger partial charge in [-0.05, 0) is 31.5 Å². The van der Waals surface area contributed by atoms with Gasteiger partial charge in [0.2, 0.25) is 5.91 Å². The summed E-state index contributed by atoms with van der Waals surface area (Å²) >= 11 is 1.14. The van der Waals surface area contributed by atoms with Gasteiger partial charge in [-0.25, -0.2) is 4.79 Å². The molecule has 0 aliphatic heterocycles. The Kier molecular flexibility index (Phi) is 6.18. The smallest absolute Gasteiger partial charge is 0.341 e. The zero-order valence-electron chi connectivity index (χ0n) is 17.8. The molecule has 0 radical (unpaired) electrons. The normalized spacial score (nSPS) is 10.8. The van der Waals surface area contributed by atoms with Gasteiger partial charge in [-0.3, -0.25) is 14.9 Å². The summed E-state index contributed by atoms with van der Waals surface area (Å²) in [7, 11) is 0. The first kappa shape index (κ1) is 22.2. The average Bonchev–Trinajstić information content (AvgIpc) is 3.38. The zero-order chi connectivity index (χ0) is 23.5. The van der Waals surface area contributed by atoms with Crippen LogP contribution < -0.4 is 5.32 Å². The number of amides is 1. The second-order valence-corrected chi connectivity index (χ2v) is 8.11. The molecule has 168 valence electrons. The molecule has 0 unspecified atom stereocenters. The number of benzene rings is 2. The minimum atomic E-state index is -0.627. The first-order valence-electron chi connectivity index (χ1n) is 10.1. The number of nitrogens with one attached hydrogen (secondary N) is 1. The van der Waals surface area contributed by atoms with Crippen LogP contribution in [0.4, 0.5) is 10.7 Å². The third-order valence-corrected chi connectivity index (χ3v) is 5.82. The Morgan fingerprint density at radius 1 is 1.24 bits per heavy atom. The summed E-state index contributed by atoms with van der Waals surface area (Å²) in [5.74, 6) is -1.01. The number of carbonyl (C=O) groups is 2. The second kappa shape index (κ2) is 9.21. The minimum Gasteiger partial charge on any atom is -0.462 e. The summed E-state index contributed by atoms with van der Waals surface area (Å²) in [6.45, 7) is 3.75. The van der Waals surface area contributed by atoms with E-state index in [0.29, 0.717) is 27.4 Å². The minimum absolute atomic E-state index is 0.0528. The molecule has 33 heavy (non-hydrogen) atoms. The number of non-ortho nitro benzene ring substituents is 1. The summed E-state index contributed by atoms with van der Waals surface area (Å²) < 4.78 is 10.5. The molecule has 0 aliphatic carbocycles. The van der Waals surface area contributed by atoms with Crippen LogP contribution in [0.1, 0.15) is 28.5 Å². The molecule has 10 heteroatoms. The maximum atomic E-state index is 12.8. The highest BCUT2D eigenvalue weighted by molar-refractivity contribution is 7.15. The summed E-state index contributed by atoms with van der Waals surface area (Å²) in [4.78, 5) is 36.2. The number of ether oxygens (including phenoxy) is 1. The molecule has 9 nitrogen and oxygen atoms in total. The highest BCUT2D eigenvalue weighted by Gasteiger charge is 2.24. The van der Waals surface area contributed by atoms with Crippen molar-refractivity contribution in [2.75, 3.05) is 11.9 Å². The Hall–Kier alpha value is -4.05. The first-order chi connectivity index (χ1) is 15.9. The second-order valence-electron chi connectivity index (χ2n) is 7.24. The Morgan fingerprint density at radius 2 is 2.06 bits per heavy atom. The van der Waals surface area contributed by atoms with Crippen molar-refractivity contribution in [2.45, 2.75) is 20.3 Å². The standard InChI is InChI=1S/C23H19N3O6S/c1-3-31-23(28)21-17(14-5-4-6-15(10-14)26(29)30)12-33-22(21)24-20(27)11-18-16-9-13(2)7-8-19(16)32-25-18/h4-10,12H,3,11H2,1-2H3,(H,24,27). The van der Waals surface area contributed by atoms with Crippen LogP contribution in [0.2, 0.25) is 0 Å². The van der Waals surface area contributed by atoms with Gasteiger partial charge in [0.05, 0.1) is 18.0 Å². The van der Waals surface area contributed by atoms with E-state index in [1.807, 2.05) is 19.1 Å². The van der Waals surface area contributed by atoms with Crippen LogP contribution in [0.5, 0.6) is 0 Å². The number of thiophene rings is 1. The van der Waals surface area contributed by atoms with Gasteiger partial charge >= 0.3 is 5.97 Å². The number of hydrogen-bond acceptors (Lipinski definition) is 8. The third-order valence-electron chi connectivity index (χ3n) is 4.92. The Labute approximate surface area is 192 Å². The van der Waals surface area contributed by atoms with Gasteiger partial charge in [0.15, 0.2) is 5.58 Å². The monoisotopic (exact) mass is 465 g/mol. The molecule has 2 aromatic heterocycles. The number of anilines is 1. The summed E-state index contributed by atoms with van der Waals surface area (Å²) in [5, 5.41) is 20.6. The van der Waals surface area contributed by atoms with E-state index in [9.17, 15) is 19.7 Å². The molecule has 2 aromatic carbocycles.